The van der Waals surface area contributed by atoms with Crippen molar-refractivity contribution < 1.29 is 13.6 Å². The van der Waals surface area contributed by atoms with E-state index >= 15 is 8.78 Å². The first-order chi connectivity index (χ1) is 23.7. The fourth-order valence-electron chi connectivity index (χ4n) is 8.43. The van der Waals surface area contributed by atoms with Gasteiger partial charge in [0.25, 0.3) is 0 Å². The van der Waals surface area contributed by atoms with Gasteiger partial charge < -0.3 is 30.4 Å². The minimum absolute atomic E-state index is 0.0137. The van der Waals surface area contributed by atoms with Crippen LogP contribution >= 0.6 is 0 Å². The van der Waals surface area contributed by atoms with Gasteiger partial charge in [-0.25, -0.2) is 13.8 Å². The summed E-state index contributed by atoms with van der Waals surface area (Å²) in [5, 5.41) is 9.82. The number of fused-ring (bicyclic) bond motifs is 1. The Morgan fingerprint density at radius 3 is 2.31 bits per heavy atom. The highest BCUT2D eigenvalue weighted by molar-refractivity contribution is 6.42. The molecule has 3 aromatic carbocycles. The molecular weight excluding hydrogens is 637 g/mol. The Hall–Kier alpha value is -3.80. The molecule has 4 saturated heterocycles. The van der Waals surface area contributed by atoms with Gasteiger partial charge in [0, 0.05) is 17.9 Å². The lowest BCUT2D eigenvalue weighted by Crippen LogP contribution is -2.40. The standard InChI is InChI=1S/C38H47F2N7OSi/c1-38(2)15-18-46(49-22-38)35-27(39)20-26(21-28(35)40)47-33(23-7-10-25(11-8-23)43-37(48)31-6-4-17-42-31)13-14-34(47)24-9-12-29-32(19-24)45-36(44-29)30-5-3-16-41-30/h7-12,19-21,30-31,33-34,41-42H,3-6,13-18,22,49H2,1-2H3,(H,43,48)(H,44,45)/t30?,31?,33-,34-/m0/s1. The first-order valence-corrected chi connectivity index (χ1v) is 19.8. The predicted octanol–water partition coefficient (Wildman–Crippen LogP) is 6.78. The van der Waals surface area contributed by atoms with Gasteiger partial charge in [0.2, 0.25) is 5.91 Å². The van der Waals surface area contributed by atoms with Gasteiger partial charge in [-0.05, 0) is 117 Å². The van der Waals surface area contributed by atoms with Crippen LogP contribution in [0.15, 0.2) is 54.6 Å². The molecule has 1 amide bonds. The normalized spacial score (nSPS) is 25.9. The molecule has 4 aromatic rings. The number of nitrogens with zero attached hydrogens (tertiary/aromatic N) is 3. The molecule has 4 atom stereocenters. The minimum atomic E-state index is -0.806. The number of hydrogen-bond acceptors (Lipinski definition) is 6. The van der Waals surface area contributed by atoms with Crippen LogP contribution < -0.4 is 25.4 Å². The fourth-order valence-corrected chi connectivity index (χ4v) is 10.5. The van der Waals surface area contributed by atoms with Crippen molar-refractivity contribution in [3.05, 3.63) is 83.2 Å². The fraction of sp³-hybridized carbons (Fsp3) is 0.474. The maximum Gasteiger partial charge on any atom is 0.241 e. The van der Waals surface area contributed by atoms with E-state index in [1.54, 1.807) is 12.1 Å². The van der Waals surface area contributed by atoms with Crippen molar-refractivity contribution >= 4 is 43.7 Å². The second-order valence-electron chi connectivity index (χ2n) is 15.2. The molecule has 49 heavy (non-hydrogen) atoms. The van der Waals surface area contributed by atoms with E-state index in [-0.39, 0.29) is 41.2 Å². The molecular formula is C38H47F2N7OSi. The van der Waals surface area contributed by atoms with E-state index in [0.29, 0.717) is 12.2 Å². The monoisotopic (exact) mass is 683 g/mol. The number of amides is 1. The Morgan fingerprint density at radius 2 is 1.63 bits per heavy atom. The summed E-state index contributed by atoms with van der Waals surface area (Å²) >= 11 is 0. The van der Waals surface area contributed by atoms with Gasteiger partial charge in [-0.2, -0.15) is 0 Å². The number of carbonyl (C=O) groups excluding carboxylic acids is 1. The van der Waals surface area contributed by atoms with Gasteiger partial charge in [0.1, 0.15) is 21.2 Å². The van der Waals surface area contributed by atoms with Crippen LogP contribution in [0.5, 0.6) is 0 Å². The van der Waals surface area contributed by atoms with Crippen molar-refractivity contribution in [1.29, 1.82) is 0 Å². The molecule has 4 aliphatic heterocycles. The molecule has 258 valence electrons. The van der Waals surface area contributed by atoms with Crippen LogP contribution in [-0.2, 0) is 4.79 Å². The van der Waals surface area contributed by atoms with Crippen LogP contribution in [0.25, 0.3) is 11.0 Å². The lowest BCUT2D eigenvalue weighted by atomic mass is 9.91. The molecule has 0 saturated carbocycles. The Kier molecular flexibility index (Phi) is 8.70. The number of halogens is 2. The van der Waals surface area contributed by atoms with Crippen molar-refractivity contribution in [2.24, 2.45) is 5.41 Å². The summed E-state index contributed by atoms with van der Waals surface area (Å²) in [5.74, 6) is -0.0165. The second kappa shape index (κ2) is 13.1. The van der Waals surface area contributed by atoms with Gasteiger partial charge in [-0.1, -0.05) is 32.0 Å². The van der Waals surface area contributed by atoms with Crippen LogP contribution in [-0.4, -0.2) is 51.2 Å². The highest BCUT2D eigenvalue weighted by Crippen LogP contribution is 2.48. The van der Waals surface area contributed by atoms with Crippen molar-refractivity contribution in [3.63, 3.8) is 0 Å². The molecule has 2 unspecified atom stereocenters. The quantitative estimate of drug-likeness (QED) is 0.161. The third-order valence-corrected chi connectivity index (χ3v) is 14.1. The van der Waals surface area contributed by atoms with E-state index in [9.17, 15) is 4.79 Å². The first kappa shape index (κ1) is 32.4. The maximum absolute atomic E-state index is 16.1. The average Bonchev–Trinajstić information content (AvgIpc) is 3.92. The summed E-state index contributed by atoms with van der Waals surface area (Å²) in [6, 6.07) is 18.3. The van der Waals surface area contributed by atoms with Crippen molar-refractivity contribution in [1.82, 2.24) is 20.6 Å². The smallest absolute Gasteiger partial charge is 0.241 e. The second-order valence-corrected chi connectivity index (χ2v) is 16.9. The molecule has 5 heterocycles. The Bertz CT molecular complexity index is 1800. The molecule has 0 radical (unpaired) electrons. The summed E-state index contributed by atoms with van der Waals surface area (Å²) in [4.78, 5) is 23.4. The van der Waals surface area contributed by atoms with Gasteiger partial charge in [-0.3, -0.25) is 4.79 Å². The molecule has 4 N–H and O–H groups in total. The first-order valence-electron chi connectivity index (χ1n) is 18.1. The van der Waals surface area contributed by atoms with E-state index in [1.807, 2.05) is 28.8 Å². The zero-order valence-corrected chi connectivity index (χ0v) is 29.9. The topological polar surface area (TPSA) is 88.3 Å². The van der Waals surface area contributed by atoms with Crippen LogP contribution in [0.1, 0.15) is 93.9 Å². The highest BCUT2D eigenvalue weighted by Gasteiger charge is 2.37. The van der Waals surface area contributed by atoms with Crippen LogP contribution in [0.4, 0.5) is 25.8 Å². The molecule has 11 heteroatoms. The maximum atomic E-state index is 16.1. The average molecular weight is 684 g/mol. The van der Waals surface area contributed by atoms with E-state index in [4.69, 9.17) is 4.98 Å². The Balaban J connectivity index is 1.12. The number of imidazole rings is 1. The van der Waals surface area contributed by atoms with Crippen LogP contribution in [0, 0.1) is 17.0 Å². The summed E-state index contributed by atoms with van der Waals surface area (Å²) in [7, 11) is -0.806. The number of carbonyl (C=O) groups is 1. The van der Waals surface area contributed by atoms with Crippen LogP contribution in [0.3, 0.4) is 0 Å². The Labute approximate surface area is 289 Å². The molecule has 1 aromatic heterocycles. The lowest BCUT2D eigenvalue weighted by molar-refractivity contribution is -0.117. The van der Waals surface area contributed by atoms with Gasteiger partial charge >= 0.3 is 0 Å². The Morgan fingerprint density at radius 1 is 0.918 bits per heavy atom. The largest absolute Gasteiger partial charge is 0.398 e. The van der Waals surface area contributed by atoms with Crippen molar-refractivity contribution in [3.8, 4) is 0 Å². The third kappa shape index (κ3) is 6.48. The van der Waals surface area contributed by atoms with E-state index < -0.39 is 21.3 Å². The third-order valence-electron chi connectivity index (χ3n) is 11.4. The number of rotatable bonds is 7. The predicted molar refractivity (Wildman–Crippen MR) is 195 cm³/mol. The number of benzene rings is 3. The summed E-state index contributed by atoms with van der Waals surface area (Å²) in [5.41, 5.74) is 5.72. The molecule has 4 aliphatic rings. The molecule has 0 bridgehead atoms. The zero-order valence-electron chi connectivity index (χ0n) is 28.5. The molecule has 4 fully saturated rings. The number of nitrogens with one attached hydrogen (secondary N) is 4. The lowest BCUT2D eigenvalue weighted by Gasteiger charge is -2.39. The SMILES string of the molecule is CC1(C)CCN(c2c(F)cc(N3[C@H](c4ccc(NC(=O)C5CCCN5)cc4)CC[C@H]3c3ccc4nc(C5CCCN5)[nH]c4c3)cc2F)[SiH2]C1. The molecule has 8 nitrogen and oxygen atoms in total. The molecule has 0 spiro atoms. The number of aromatic amines is 1. The zero-order chi connectivity index (χ0) is 33.7. The number of aromatic nitrogens is 2. The van der Waals surface area contributed by atoms with Crippen molar-refractivity contribution in [2.75, 3.05) is 34.4 Å². The van der Waals surface area contributed by atoms with E-state index in [0.717, 1.165) is 97.8 Å². The highest BCUT2D eigenvalue weighted by atomic mass is 28.2. The van der Waals surface area contributed by atoms with Gasteiger partial charge in [0.15, 0.2) is 11.6 Å². The molecule has 8 rings (SSSR count). The van der Waals surface area contributed by atoms with E-state index in [1.165, 1.54) is 0 Å². The van der Waals surface area contributed by atoms with Gasteiger partial charge in [0.05, 0.1) is 35.2 Å². The summed E-state index contributed by atoms with van der Waals surface area (Å²) in [6.45, 7) is 7.06. The van der Waals surface area contributed by atoms with E-state index in [2.05, 4.69) is 57.9 Å². The molecule has 0 aliphatic carbocycles. The number of anilines is 3. The van der Waals surface area contributed by atoms with Crippen LogP contribution in [0.2, 0.25) is 6.04 Å². The number of H-pyrrole nitrogens is 1. The summed E-state index contributed by atoms with van der Waals surface area (Å²) < 4.78 is 34.2. The van der Waals surface area contributed by atoms with Gasteiger partial charge in [-0.15, -0.1) is 0 Å². The van der Waals surface area contributed by atoms with Crippen molar-refractivity contribution in [2.45, 2.75) is 89.0 Å². The minimum Gasteiger partial charge on any atom is -0.398 e. The number of hydrogen-bond donors (Lipinski definition) is 4. The summed E-state index contributed by atoms with van der Waals surface area (Å²) in [6.07, 6.45) is 6.62.